The molecule has 0 spiro atoms. The van der Waals surface area contributed by atoms with Gasteiger partial charge in [-0.3, -0.25) is 0 Å². The third-order valence-corrected chi connectivity index (χ3v) is 5.72. The molecule has 2 nitrogen and oxygen atoms in total. The second kappa shape index (κ2) is 6.70. The van der Waals surface area contributed by atoms with Crippen LogP contribution in [-0.2, 0) is 13.4 Å². The molecule has 0 atom stereocenters. The van der Waals surface area contributed by atoms with Crippen LogP contribution in [0.1, 0.15) is 34.6 Å². The third kappa shape index (κ3) is 3.08. The molecule has 0 saturated carbocycles. The lowest BCUT2D eigenvalue weighted by atomic mass is 9.88. The number of benzene rings is 3. The summed E-state index contributed by atoms with van der Waals surface area (Å²) in [4.78, 5) is 0. The van der Waals surface area contributed by atoms with E-state index >= 15 is 0 Å². The molecule has 5 rings (SSSR count). The Hall–Kier alpha value is -3.13. The lowest BCUT2D eigenvalue weighted by molar-refractivity contribution is -0.660. The van der Waals surface area contributed by atoms with Gasteiger partial charge in [-0.2, -0.15) is 0 Å². The molecular formula is C28H28NO+. The van der Waals surface area contributed by atoms with Crippen molar-refractivity contribution in [1.29, 1.82) is 0 Å². The number of aromatic nitrogens is 1. The van der Waals surface area contributed by atoms with Crippen molar-refractivity contribution in [3.63, 3.8) is 0 Å². The Balaban J connectivity index is 1.75. The average molecular weight is 397 g/mol. The van der Waals surface area contributed by atoms with Crippen molar-refractivity contribution in [3.05, 3.63) is 78.0 Å². The van der Waals surface area contributed by atoms with E-state index in [0.29, 0.717) is 5.56 Å². The van der Waals surface area contributed by atoms with Crippen molar-refractivity contribution in [2.75, 3.05) is 0 Å². The highest BCUT2D eigenvalue weighted by Gasteiger charge is 2.20. The number of rotatable bonds is 2. The predicted octanol–water partition coefficient (Wildman–Crippen LogP) is 7.13. The zero-order valence-electron chi connectivity index (χ0n) is 20.2. The maximum atomic E-state index is 8.72. The Kier molecular flexibility index (Phi) is 3.72. The number of aryl methyl sites for hydroxylation is 2. The molecule has 0 aliphatic heterocycles. The lowest BCUT2D eigenvalue weighted by Crippen LogP contribution is -2.31. The monoisotopic (exact) mass is 396 g/mol. The van der Waals surface area contributed by atoms with E-state index in [-0.39, 0.29) is 0 Å². The smallest absolute Gasteiger partial charge is 0.212 e. The van der Waals surface area contributed by atoms with E-state index in [1.807, 2.05) is 58.3 Å². The molecule has 0 bridgehead atoms. The van der Waals surface area contributed by atoms with Gasteiger partial charge in [-0.15, -0.1) is 0 Å². The first-order valence-corrected chi connectivity index (χ1v) is 10.4. The van der Waals surface area contributed by atoms with Gasteiger partial charge < -0.3 is 4.42 Å². The van der Waals surface area contributed by atoms with Crippen LogP contribution in [0.3, 0.4) is 0 Å². The van der Waals surface area contributed by atoms with Crippen molar-refractivity contribution < 1.29 is 11.7 Å². The maximum Gasteiger partial charge on any atom is 0.212 e. The van der Waals surface area contributed by atoms with Crippen LogP contribution in [0.5, 0.6) is 0 Å². The minimum absolute atomic E-state index is 0.511. The summed E-state index contributed by atoms with van der Waals surface area (Å²) >= 11 is 0. The molecule has 0 aliphatic rings. The zero-order chi connectivity index (χ0) is 22.8. The van der Waals surface area contributed by atoms with Gasteiger partial charge in [-0.25, -0.2) is 4.57 Å². The molecule has 5 aromatic rings. The summed E-state index contributed by atoms with van der Waals surface area (Å²) in [6.45, 7) is 7.91. The summed E-state index contributed by atoms with van der Waals surface area (Å²) in [5.74, 6) is 0. The zero-order valence-corrected chi connectivity index (χ0v) is 18.2. The molecular weight excluding hydrogens is 366 g/mol. The van der Waals surface area contributed by atoms with Crippen LogP contribution in [0.15, 0.2) is 71.3 Å². The normalized spacial score (nSPS) is 13.8. The van der Waals surface area contributed by atoms with E-state index in [0.717, 1.165) is 44.1 Å². The summed E-state index contributed by atoms with van der Waals surface area (Å²) in [7, 11) is 2.00. The molecule has 0 fully saturated rings. The molecule has 0 N–H and O–H groups in total. The Morgan fingerprint density at radius 2 is 1.63 bits per heavy atom. The Morgan fingerprint density at radius 3 is 2.43 bits per heavy atom. The number of pyridine rings is 1. The van der Waals surface area contributed by atoms with Gasteiger partial charge in [0.1, 0.15) is 18.2 Å². The van der Waals surface area contributed by atoms with Gasteiger partial charge in [0.15, 0.2) is 6.20 Å². The number of fused-ring (bicyclic) bond motifs is 5. The Bertz CT molecular complexity index is 1510. The highest BCUT2D eigenvalue weighted by Crippen LogP contribution is 2.38. The second-order valence-electron chi connectivity index (χ2n) is 9.17. The van der Waals surface area contributed by atoms with Gasteiger partial charge in [0.05, 0.1) is 5.56 Å². The summed E-state index contributed by atoms with van der Waals surface area (Å²) in [5.41, 5.74) is 5.07. The first-order chi connectivity index (χ1) is 15.1. The highest BCUT2D eigenvalue weighted by atomic mass is 16.3. The van der Waals surface area contributed by atoms with Crippen LogP contribution in [0.2, 0.25) is 0 Å². The van der Waals surface area contributed by atoms with Crippen LogP contribution >= 0.6 is 0 Å². The fourth-order valence-corrected chi connectivity index (χ4v) is 4.33. The number of hydrogen-bond acceptors (Lipinski definition) is 1. The van der Waals surface area contributed by atoms with Crippen LogP contribution in [0, 0.1) is 12.3 Å². The highest BCUT2D eigenvalue weighted by molar-refractivity contribution is 6.15. The standard InChI is InChI=1S/C28H28NO/c1-18-21(25-16-19(14-15-29(25)5)17-28(2,3)4)12-13-23-24-11-10-20-8-6-7-9-22(20)27(24)30-26(18)23/h6-16H,17H2,1-5H3/q+1/i17D2. The predicted molar refractivity (Wildman–Crippen MR) is 126 cm³/mol. The third-order valence-electron chi connectivity index (χ3n) is 5.72. The molecule has 2 heteroatoms. The number of hydrogen-bond donors (Lipinski definition) is 0. The van der Waals surface area contributed by atoms with E-state index in [1.165, 1.54) is 5.39 Å². The molecule has 150 valence electrons. The Labute approximate surface area is 180 Å². The minimum Gasteiger partial charge on any atom is -0.455 e. The molecule has 2 heterocycles. The summed E-state index contributed by atoms with van der Waals surface area (Å²) in [6, 6.07) is 20.7. The first kappa shape index (κ1) is 16.6. The van der Waals surface area contributed by atoms with Crippen LogP contribution in [0.25, 0.3) is 44.0 Å². The van der Waals surface area contributed by atoms with Gasteiger partial charge >= 0.3 is 0 Å². The molecule has 2 aromatic heterocycles. The van der Waals surface area contributed by atoms with E-state index < -0.39 is 11.8 Å². The topological polar surface area (TPSA) is 17.0 Å². The van der Waals surface area contributed by atoms with Gasteiger partial charge in [-0.1, -0.05) is 51.1 Å². The van der Waals surface area contributed by atoms with Crippen molar-refractivity contribution in [2.24, 2.45) is 12.5 Å². The molecule has 30 heavy (non-hydrogen) atoms. The lowest BCUT2D eigenvalue weighted by Gasteiger charge is -2.18. The van der Waals surface area contributed by atoms with E-state index in [1.54, 1.807) is 0 Å². The summed E-state index contributed by atoms with van der Waals surface area (Å²) < 4.78 is 26.0. The van der Waals surface area contributed by atoms with Crippen molar-refractivity contribution in [3.8, 4) is 11.3 Å². The van der Waals surface area contributed by atoms with Gasteiger partial charge in [-0.05, 0) is 47.9 Å². The SMILES string of the molecule is [2H]C([2H])(c1cc[n+](C)c(-c2ccc3c(oc4c5ccccc5ccc34)c2C)c1)C(C)(C)C. The fourth-order valence-electron chi connectivity index (χ4n) is 4.33. The summed E-state index contributed by atoms with van der Waals surface area (Å²) in [6.07, 6.45) is 0.496. The van der Waals surface area contributed by atoms with E-state index in [4.69, 9.17) is 7.16 Å². The molecule has 0 radical (unpaired) electrons. The number of furan rings is 1. The van der Waals surface area contributed by atoms with Crippen LogP contribution in [0.4, 0.5) is 0 Å². The average Bonchev–Trinajstić information content (AvgIpc) is 3.14. The second-order valence-corrected chi connectivity index (χ2v) is 9.17. The minimum atomic E-state index is -1.45. The molecule has 0 unspecified atom stereocenters. The fraction of sp³-hybridized carbons (Fsp3) is 0.250. The quantitative estimate of drug-likeness (QED) is 0.290. The van der Waals surface area contributed by atoms with Crippen molar-refractivity contribution in [1.82, 2.24) is 0 Å². The van der Waals surface area contributed by atoms with Gasteiger partial charge in [0, 0.05) is 36.6 Å². The van der Waals surface area contributed by atoms with E-state index in [9.17, 15) is 0 Å². The van der Waals surface area contributed by atoms with Crippen LogP contribution < -0.4 is 4.57 Å². The Morgan fingerprint density at radius 1 is 0.900 bits per heavy atom. The van der Waals surface area contributed by atoms with Crippen LogP contribution in [-0.4, -0.2) is 0 Å². The molecule has 0 aliphatic carbocycles. The van der Waals surface area contributed by atoms with Crippen molar-refractivity contribution in [2.45, 2.75) is 34.1 Å². The largest absolute Gasteiger partial charge is 0.455 e. The van der Waals surface area contributed by atoms with Gasteiger partial charge in [0.25, 0.3) is 0 Å². The number of nitrogens with zero attached hydrogens (tertiary/aromatic N) is 1. The summed E-state index contributed by atoms with van der Waals surface area (Å²) in [5, 5.41) is 4.51. The molecule has 0 saturated heterocycles. The maximum absolute atomic E-state index is 8.72. The molecule has 3 aromatic carbocycles. The van der Waals surface area contributed by atoms with Crippen molar-refractivity contribution >= 4 is 32.7 Å². The van der Waals surface area contributed by atoms with Gasteiger partial charge in [0.2, 0.25) is 5.69 Å². The van der Waals surface area contributed by atoms with E-state index in [2.05, 4.69) is 47.9 Å². The first-order valence-electron chi connectivity index (χ1n) is 11.4. The molecule has 0 amide bonds.